The molecule has 0 spiro atoms. The van der Waals surface area contributed by atoms with Crippen LogP contribution in [0.4, 0.5) is 13.2 Å². The van der Waals surface area contributed by atoms with Gasteiger partial charge in [0.2, 0.25) is 10.0 Å². The highest BCUT2D eigenvalue weighted by molar-refractivity contribution is 7.90. The molecule has 0 amide bonds. The third kappa shape index (κ3) is 3.70. The molecule has 22 heavy (non-hydrogen) atoms. The maximum atomic E-state index is 12.9. The van der Waals surface area contributed by atoms with Crippen LogP contribution in [-0.2, 0) is 14.8 Å². The normalized spacial score (nSPS) is 36.5. The Labute approximate surface area is 126 Å². The Morgan fingerprint density at radius 1 is 1.18 bits per heavy atom. The highest BCUT2D eigenvalue weighted by atomic mass is 32.2. The summed E-state index contributed by atoms with van der Waals surface area (Å²) in [5.74, 6) is -0.706. The van der Waals surface area contributed by atoms with E-state index in [1.165, 1.54) is 12.2 Å². The lowest BCUT2D eigenvalue weighted by Gasteiger charge is -2.45. The Hall–Kier alpha value is -0.900. The fourth-order valence-electron chi connectivity index (χ4n) is 3.25. The Morgan fingerprint density at radius 3 is 2.27 bits per heavy atom. The van der Waals surface area contributed by atoms with Crippen molar-refractivity contribution < 1.29 is 31.4 Å². The van der Waals surface area contributed by atoms with E-state index in [1.807, 2.05) is 0 Å². The maximum Gasteiger partial charge on any atom is 0.523 e. The molecule has 2 aliphatic rings. The molecule has 9 heteroatoms. The molecule has 0 saturated heterocycles. The molecule has 0 heterocycles. The topological polar surface area (TPSA) is 89.6 Å². The molecule has 3 N–H and O–H groups in total. The monoisotopic (exact) mass is 341 g/mol. The smallest absolute Gasteiger partial charge is 0.393 e. The van der Waals surface area contributed by atoms with Gasteiger partial charge in [0.05, 0.1) is 6.10 Å². The van der Waals surface area contributed by atoms with Gasteiger partial charge in [-0.05, 0) is 31.6 Å². The van der Waals surface area contributed by atoms with Crippen molar-refractivity contribution in [1.82, 2.24) is 0 Å². The molecule has 0 aromatic carbocycles. The third-order valence-electron chi connectivity index (χ3n) is 4.18. The summed E-state index contributed by atoms with van der Waals surface area (Å²) in [4.78, 5) is 0. The molecule has 2 atom stereocenters. The Bertz CT molecular complexity index is 564. The molecule has 2 aliphatic carbocycles. The predicted molar refractivity (Wildman–Crippen MR) is 73.0 cm³/mol. The zero-order valence-corrected chi connectivity index (χ0v) is 12.5. The molecule has 1 saturated carbocycles. The number of allylic oxidation sites excluding steroid dienone is 2. The van der Waals surface area contributed by atoms with Gasteiger partial charge in [-0.2, -0.15) is 0 Å². The summed E-state index contributed by atoms with van der Waals surface area (Å²) in [5.41, 5.74) is -2.10. The van der Waals surface area contributed by atoms with Gasteiger partial charge in [-0.1, -0.05) is 24.3 Å². The minimum Gasteiger partial charge on any atom is -0.393 e. The number of alkyl halides is 3. The first-order valence-electron chi connectivity index (χ1n) is 6.87. The number of sulfonamides is 1. The molecule has 5 nitrogen and oxygen atoms in total. The summed E-state index contributed by atoms with van der Waals surface area (Å²) in [6, 6.07) is 0. The van der Waals surface area contributed by atoms with Gasteiger partial charge in [0, 0.05) is 0 Å². The maximum absolute atomic E-state index is 12.9. The molecule has 0 bridgehead atoms. The van der Waals surface area contributed by atoms with E-state index in [9.17, 15) is 26.7 Å². The molecule has 0 aliphatic heterocycles. The fourth-order valence-corrected chi connectivity index (χ4v) is 4.40. The van der Waals surface area contributed by atoms with Crippen molar-refractivity contribution in [3.05, 3.63) is 24.3 Å². The van der Waals surface area contributed by atoms with E-state index >= 15 is 0 Å². The van der Waals surface area contributed by atoms with Gasteiger partial charge in [0.1, 0.15) is 10.9 Å². The van der Waals surface area contributed by atoms with Gasteiger partial charge in [-0.25, -0.2) is 13.6 Å². The second-order valence-corrected chi connectivity index (χ2v) is 7.35. The summed E-state index contributed by atoms with van der Waals surface area (Å²) in [5, 5.41) is 13.0. The molecular weight excluding hydrogens is 323 g/mol. The van der Waals surface area contributed by atoms with Crippen LogP contribution in [0.25, 0.3) is 0 Å². The summed E-state index contributed by atoms with van der Waals surface area (Å²) >= 11 is 0. The van der Waals surface area contributed by atoms with E-state index in [-0.39, 0.29) is 12.8 Å². The number of aliphatic hydroxyl groups excluding tert-OH is 1. The van der Waals surface area contributed by atoms with E-state index in [2.05, 4.69) is 4.74 Å². The van der Waals surface area contributed by atoms with Crippen LogP contribution >= 0.6 is 0 Å². The first kappa shape index (κ1) is 17.5. The Kier molecular flexibility index (Phi) is 4.72. The van der Waals surface area contributed by atoms with Gasteiger partial charge < -0.3 is 5.11 Å². The lowest BCUT2D eigenvalue weighted by Crippen LogP contribution is -2.57. The first-order chi connectivity index (χ1) is 10.0. The van der Waals surface area contributed by atoms with Crippen molar-refractivity contribution in [2.45, 2.75) is 49.0 Å². The minimum atomic E-state index is -5.01. The van der Waals surface area contributed by atoms with E-state index in [0.717, 1.165) is 12.2 Å². The second kappa shape index (κ2) is 5.95. The lowest BCUT2D eigenvalue weighted by atomic mass is 9.73. The molecule has 2 rings (SSSR count). The van der Waals surface area contributed by atoms with Crippen LogP contribution in [0.2, 0.25) is 0 Å². The highest BCUT2D eigenvalue weighted by Gasteiger charge is 2.55. The van der Waals surface area contributed by atoms with Crippen LogP contribution in [0.3, 0.4) is 0 Å². The van der Waals surface area contributed by atoms with Gasteiger partial charge in [0.15, 0.2) is 0 Å². The Morgan fingerprint density at radius 2 is 1.77 bits per heavy atom. The standard InChI is InChI=1S/C13H18F3NO4S/c14-13(15,16)21-12(9-4-6-10(18)7-5-9)8-2-1-3-11(12)22(17,19)20/h1-3,8-11,18H,4-7H2,(H2,17,19,20). The second-order valence-electron chi connectivity index (χ2n) is 5.66. The zero-order chi connectivity index (χ0) is 16.6. The average Bonchev–Trinajstić information content (AvgIpc) is 2.36. The summed E-state index contributed by atoms with van der Waals surface area (Å²) in [6.45, 7) is 0. The zero-order valence-electron chi connectivity index (χ0n) is 11.7. The van der Waals surface area contributed by atoms with Crippen LogP contribution in [0.5, 0.6) is 0 Å². The number of ether oxygens (including phenoxy) is 1. The van der Waals surface area contributed by atoms with E-state index in [0.29, 0.717) is 12.8 Å². The number of hydrogen-bond donors (Lipinski definition) is 2. The molecule has 2 unspecified atom stereocenters. The molecule has 0 radical (unpaired) electrons. The number of hydrogen-bond acceptors (Lipinski definition) is 4. The van der Waals surface area contributed by atoms with E-state index in [4.69, 9.17) is 5.14 Å². The van der Waals surface area contributed by atoms with Crippen LogP contribution in [-0.4, -0.2) is 36.8 Å². The molecular formula is C13H18F3NO4S. The van der Waals surface area contributed by atoms with Gasteiger partial charge in [-0.3, -0.25) is 4.74 Å². The largest absolute Gasteiger partial charge is 0.523 e. The van der Waals surface area contributed by atoms with Crippen LogP contribution in [0.15, 0.2) is 24.3 Å². The number of halogens is 3. The lowest BCUT2D eigenvalue weighted by molar-refractivity contribution is -0.366. The fraction of sp³-hybridized carbons (Fsp3) is 0.692. The predicted octanol–water partition coefficient (Wildman–Crippen LogP) is 1.60. The quantitative estimate of drug-likeness (QED) is 0.816. The number of aliphatic hydroxyl groups is 1. The van der Waals surface area contributed by atoms with Gasteiger partial charge >= 0.3 is 6.36 Å². The van der Waals surface area contributed by atoms with Gasteiger partial charge in [-0.15, -0.1) is 13.2 Å². The molecule has 1 fully saturated rings. The van der Waals surface area contributed by atoms with Crippen molar-refractivity contribution >= 4 is 10.0 Å². The molecule has 126 valence electrons. The van der Waals surface area contributed by atoms with Crippen LogP contribution < -0.4 is 5.14 Å². The van der Waals surface area contributed by atoms with Crippen molar-refractivity contribution in [2.24, 2.45) is 11.1 Å². The minimum absolute atomic E-state index is 0.224. The average molecular weight is 341 g/mol. The van der Waals surface area contributed by atoms with Crippen LogP contribution in [0.1, 0.15) is 25.7 Å². The SMILES string of the molecule is NS(=O)(=O)C1C=CC=CC1(OC(F)(F)F)C1CCC(O)CC1. The molecule has 0 aromatic rings. The van der Waals surface area contributed by atoms with Crippen molar-refractivity contribution in [2.75, 3.05) is 0 Å². The van der Waals surface area contributed by atoms with Crippen molar-refractivity contribution in [1.29, 1.82) is 0 Å². The number of nitrogens with two attached hydrogens (primary N) is 1. The van der Waals surface area contributed by atoms with Crippen molar-refractivity contribution in [3.63, 3.8) is 0 Å². The van der Waals surface area contributed by atoms with Gasteiger partial charge in [0.25, 0.3) is 0 Å². The summed E-state index contributed by atoms with van der Waals surface area (Å²) in [7, 11) is -4.29. The number of primary sulfonamides is 1. The van der Waals surface area contributed by atoms with E-state index < -0.39 is 39.3 Å². The van der Waals surface area contributed by atoms with Crippen LogP contribution in [0, 0.1) is 5.92 Å². The third-order valence-corrected chi connectivity index (χ3v) is 5.41. The van der Waals surface area contributed by atoms with Crippen molar-refractivity contribution in [3.8, 4) is 0 Å². The number of rotatable bonds is 3. The first-order valence-corrected chi connectivity index (χ1v) is 8.48. The summed E-state index contributed by atoms with van der Waals surface area (Å²) < 4.78 is 66.6. The molecule has 0 aromatic heterocycles. The Balaban J connectivity index is 2.45. The van der Waals surface area contributed by atoms with E-state index in [1.54, 1.807) is 0 Å². The highest BCUT2D eigenvalue weighted by Crippen LogP contribution is 2.45. The summed E-state index contributed by atoms with van der Waals surface area (Å²) in [6.07, 6.45) is 0.352.